The van der Waals surface area contributed by atoms with Crippen molar-refractivity contribution in [3.63, 3.8) is 0 Å². The molecule has 0 amide bonds. The molecular weight excluding hydrogens is 263 g/mol. The van der Waals surface area contributed by atoms with Crippen molar-refractivity contribution in [3.8, 4) is 11.5 Å². The van der Waals surface area contributed by atoms with E-state index < -0.39 is 0 Å². The van der Waals surface area contributed by atoms with Gasteiger partial charge < -0.3 is 9.47 Å². The molecule has 4 heteroatoms. The van der Waals surface area contributed by atoms with Crippen LogP contribution in [0, 0.1) is 5.82 Å². The Bertz CT molecular complexity index is 355. The summed E-state index contributed by atoms with van der Waals surface area (Å²) in [5, 5.41) is 0.721. The number of rotatable bonds is 3. The molecule has 0 saturated carbocycles. The molecular formula is C11H12BrFO2. The van der Waals surface area contributed by atoms with Gasteiger partial charge in [-0.1, -0.05) is 15.9 Å². The highest BCUT2D eigenvalue weighted by atomic mass is 79.9. The molecule has 1 aromatic rings. The number of benzene rings is 1. The van der Waals surface area contributed by atoms with Crippen molar-refractivity contribution in [2.75, 3.05) is 18.5 Å². The van der Waals surface area contributed by atoms with Gasteiger partial charge in [0.2, 0.25) is 0 Å². The minimum Gasteiger partial charge on any atom is -0.489 e. The van der Waals surface area contributed by atoms with E-state index in [9.17, 15) is 4.39 Å². The summed E-state index contributed by atoms with van der Waals surface area (Å²) in [5.41, 5.74) is 0.908. The highest BCUT2D eigenvalue weighted by Crippen LogP contribution is 2.35. The summed E-state index contributed by atoms with van der Waals surface area (Å²) < 4.78 is 24.2. The van der Waals surface area contributed by atoms with Gasteiger partial charge >= 0.3 is 0 Å². The zero-order chi connectivity index (χ0) is 10.7. The van der Waals surface area contributed by atoms with Gasteiger partial charge in [-0.05, 0) is 18.9 Å². The largest absolute Gasteiger partial charge is 0.489 e. The molecule has 0 saturated heterocycles. The molecule has 15 heavy (non-hydrogen) atoms. The van der Waals surface area contributed by atoms with Crippen molar-refractivity contribution in [3.05, 3.63) is 23.5 Å². The van der Waals surface area contributed by atoms with Crippen LogP contribution in [0.3, 0.4) is 0 Å². The zero-order valence-corrected chi connectivity index (χ0v) is 9.85. The normalized spacial score (nSPS) is 14.3. The fraction of sp³-hybridized carbons (Fsp3) is 0.455. The second-order valence-electron chi connectivity index (χ2n) is 3.38. The number of alkyl halides is 1. The minimum absolute atomic E-state index is 0.260. The van der Waals surface area contributed by atoms with E-state index in [2.05, 4.69) is 15.9 Å². The maximum Gasteiger partial charge on any atom is 0.164 e. The van der Waals surface area contributed by atoms with E-state index in [0.717, 1.165) is 23.7 Å². The standard InChI is InChI=1S/C11H12BrFO2/c12-3-5-14-10-7-9(13)6-8-2-1-4-15-11(8)10/h6-7H,1-5H2. The minimum atomic E-state index is -0.260. The van der Waals surface area contributed by atoms with Gasteiger partial charge in [-0.3, -0.25) is 0 Å². The Morgan fingerprint density at radius 3 is 3.13 bits per heavy atom. The molecule has 1 aliphatic rings. The van der Waals surface area contributed by atoms with Crippen molar-refractivity contribution in [1.82, 2.24) is 0 Å². The predicted molar refractivity (Wildman–Crippen MR) is 59.5 cm³/mol. The van der Waals surface area contributed by atoms with Gasteiger partial charge in [0, 0.05) is 17.0 Å². The van der Waals surface area contributed by atoms with Crippen LogP contribution in [0.25, 0.3) is 0 Å². The van der Waals surface area contributed by atoms with Crippen molar-refractivity contribution in [2.24, 2.45) is 0 Å². The van der Waals surface area contributed by atoms with Crippen molar-refractivity contribution in [2.45, 2.75) is 12.8 Å². The topological polar surface area (TPSA) is 18.5 Å². The Balaban J connectivity index is 2.30. The van der Waals surface area contributed by atoms with Crippen LogP contribution in [0.1, 0.15) is 12.0 Å². The first-order chi connectivity index (χ1) is 7.31. The van der Waals surface area contributed by atoms with E-state index >= 15 is 0 Å². The average molecular weight is 275 g/mol. The summed E-state index contributed by atoms with van der Waals surface area (Å²) in [6.07, 6.45) is 1.80. The van der Waals surface area contributed by atoms with Gasteiger partial charge in [0.05, 0.1) is 13.2 Å². The molecule has 82 valence electrons. The van der Waals surface area contributed by atoms with Crippen LogP contribution in [0.2, 0.25) is 0 Å². The number of ether oxygens (including phenoxy) is 2. The maximum absolute atomic E-state index is 13.2. The lowest BCUT2D eigenvalue weighted by Gasteiger charge is -2.20. The third-order valence-electron chi connectivity index (χ3n) is 2.27. The maximum atomic E-state index is 13.2. The Labute approximate surface area is 96.5 Å². The van der Waals surface area contributed by atoms with Crippen LogP contribution >= 0.6 is 15.9 Å². The molecule has 1 aliphatic heterocycles. The molecule has 0 N–H and O–H groups in total. The van der Waals surface area contributed by atoms with Crippen LogP contribution in [-0.2, 0) is 6.42 Å². The Morgan fingerprint density at radius 1 is 1.47 bits per heavy atom. The van der Waals surface area contributed by atoms with E-state index in [0.29, 0.717) is 24.7 Å². The molecule has 0 spiro atoms. The van der Waals surface area contributed by atoms with Gasteiger partial charge in [-0.15, -0.1) is 0 Å². The van der Waals surface area contributed by atoms with Gasteiger partial charge in [0.15, 0.2) is 11.5 Å². The first kappa shape index (κ1) is 10.7. The third kappa shape index (κ3) is 2.43. The van der Waals surface area contributed by atoms with Crippen molar-refractivity contribution >= 4 is 15.9 Å². The van der Waals surface area contributed by atoms with E-state index in [1.807, 2.05) is 0 Å². The van der Waals surface area contributed by atoms with Gasteiger partial charge in [0.25, 0.3) is 0 Å². The molecule has 1 heterocycles. The molecule has 0 aromatic heterocycles. The second kappa shape index (κ2) is 4.84. The molecule has 0 aliphatic carbocycles. The lowest BCUT2D eigenvalue weighted by Crippen LogP contribution is -2.11. The van der Waals surface area contributed by atoms with E-state index in [1.165, 1.54) is 12.1 Å². The molecule has 2 rings (SSSR count). The molecule has 0 radical (unpaired) electrons. The quantitative estimate of drug-likeness (QED) is 0.790. The number of fused-ring (bicyclic) bond motifs is 1. The van der Waals surface area contributed by atoms with E-state index in [4.69, 9.17) is 9.47 Å². The van der Waals surface area contributed by atoms with Crippen LogP contribution in [0.15, 0.2) is 12.1 Å². The van der Waals surface area contributed by atoms with Crippen molar-refractivity contribution < 1.29 is 13.9 Å². The lowest BCUT2D eigenvalue weighted by molar-refractivity contribution is 0.256. The molecule has 0 bridgehead atoms. The van der Waals surface area contributed by atoms with Gasteiger partial charge in [0.1, 0.15) is 5.82 Å². The van der Waals surface area contributed by atoms with Gasteiger partial charge in [-0.2, -0.15) is 0 Å². The molecule has 1 aromatic carbocycles. The molecule has 0 fully saturated rings. The van der Waals surface area contributed by atoms with Crippen LogP contribution in [0.4, 0.5) is 4.39 Å². The first-order valence-corrected chi connectivity index (χ1v) is 6.07. The molecule has 0 unspecified atom stereocenters. The number of hydrogen-bond acceptors (Lipinski definition) is 2. The van der Waals surface area contributed by atoms with E-state index in [1.54, 1.807) is 0 Å². The fourth-order valence-electron chi connectivity index (χ4n) is 1.66. The summed E-state index contributed by atoms with van der Waals surface area (Å²) in [4.78, 5) is 0. The first-order valence-electron chi connectivity index (χ1n) is 4.95. The van der Waals surface area contributed by atoms with E-state index in [-0.39, 0.29) is 5.82 Å². The second-order valence-corrected chi connectivity index (χ2v) is 4.17. The van der Waals surface area contributed by atoms with Gasteiger partial charge in [-0.25, -0.2) is 4.39 Å². The summed E-state index contributed by atoms with van der Waals surface area (Å²) in [5.74, 6) is 0.969. The smallest absolute Gasteiger partial charge is 0.164 e. The summed E-state index contributed by atoms with van der Waals surface area (Å²) in [6, 6.07) is 2.91. The highest BCUT2D eigenvalue weighted by molar-refractivity contribution is 9.09. The zero-order valence-electron chi connectivity index (χ0n) is 8.26. The Hall–Kier alpha value is -0.770. The molecule has 0 atom stereocenters. The highest BCUT2D eigenvalue weighted by Gasteiger charge is 2.17. The van der Waals surface area contributed by atoms with Crippen LogP contribution < -0.4 is 9.47 Å². The third-order valence-corrected chi connectivity index (χ3v) is 2.59. The summed E-state index contributed by atoms with van der Waals surface area (Å²) in [7, 11) is 0. The lowest BCUT2D eigenvalue weighted by atomic mass is 10.1. The molecule has 2 nitrogen and oxygen atoms in total. The average Bonchev–Trinajstić information content (AvgIpc) is 2.25. The number of halogens is 2. The summed E-state index contributed by atoms with van der Waals surface area (Å²) >= 11 is 3.26. The van der Waals surface area contributed by atoms with Crippen molar-refractivity contribution in [1.29, 1.82) is 0 Å². The monoisotopic (exact) mass is 274 g/mol. The summed E-state index contributed by atoms with van der Waals surface area (Å²) in [6.45, 7) is 1.20. The number of aryl methyl sites for hydroxylation is 1. The van der Waals surface area contributed by atoms with Crippen LogP contribution in [-0.4, -0.2) is 18.5 Å². The number of hydrogen-bond donors (Lipinski definition) is 0. The van der Waals surface area contributed by atoms with Crippen LogP contribution in [0.5, 0.6) is 11.5 Å². The Kier molecular flexibility index (Phi) is 3.46. The Morgan fingerprint density at radius 2 is 2.33 bits per heavy atom. The fourth-order valence-corrected chi connectivity index (χ4v) is 1.83. The SMILES string of the molecule is Fc1cc2c(c(OCCBr)c1)OCCC2. The predicted octanol–water partition coefficient (Wildman–Crippen LogP) is 2.92.